The third-order valence-electron chi connectivity index (χ3n) is 6.34. The second-order valence-corrected chi connectivity index (χ2v) is 9.35. The first kappa shape index (κ1) is 28.7. The number of aromatic carboxylic acids is 1. The number of halogens is 3. The number of carboxylic acid groups (broad SMARTS) is 1. The average Bonchev–Trinajstić information content (AvgIpc) is 3.26. The number of nitrogens with two attached hydrogens (primary N) is 2. The van der Waals surface area contributed by atoms with Crippen LogP contribution in [-0.2, 0) is 13.0 Å². The van der Waals surface area contributed by atoms with Crippen molar-refractivity contribution in [3.8, 4) is 22.4 Å². The van der Waals surface area contributed by atoms with E-state index in [1.807, 2.05) is 31.2 Å². The van der Waals surface area contributed by atoms with E-state index in [-0.39, 0.29) is 28.9 Å². The number of imidazole rings is 1. The molecule has 0 radical (unpaired) electrons. The largest absolute Gasteiger partial charge is 0.476 e. The number of alkyl halides is 2. The van der Waals surface area contributed by atoms with E-state index in [9.17, 15) is 18.7 Å². The number of hydrogen-bond donors (Lipinski definition) is 4. The highest BCUT2D eigenvalue weighted by molar-refractivity contribution is 6.32. The molecule has 0 aliphatic carbocycles. The van der Waals surface area contributed by atoms with Crippen molar-refractivity contribution in [3.05, 3.63) is 94.2 Å². The Labute approximate surface area is 234 Å². The molecule has 2 aromatic heterocycles. The number of pyridine rings is 1. The molecule has 4 rings (SSSR count). The van der Waals surface area contributed by atoms with E-state index >= 15 is 0 Å². The minimum Gasteiger partial charge on any atom is -0.476 e. The molecule has 0 fully saturated rings. The average molecular weight is 568 g/mol. The smallest absolute Gasteiger partial charge is 0.355 e. The lowest BCUT2D eigenvalue weighted by molar-refractivity contribution is 0.0685. The maximum absolute atomic E-state index is 13.3. The molecule has 2 heterocycles. The summed E-state index contributed by atoms with van der Waals surface area (Å²) >= 11 is 6.16. The zero-order valence-corrected chi connectivity index (χ0v) is 22.4. The number of carbonyl (C=O) groups is 1. The van der Waals surface area contributed by atoms with Crippen molar-refractivity contribution < 1.29 is 18.7 Å². The van der Waals surface area contributed by atoms with Gasteiger partial charge in [0.05, 0.1) is 5.69 Å². The Bertz CT molecular complexity index is 1540. The fourth-order valence-corrected chi connectivity index (χ4v) is 4.65. The van der Waals surface area contributed by atoms with Gasteiger partial charge in [0.2, 0.25) is 0 Å². The van der Waals surface area contributed by atoms with E-state index in [1.165, 1.54) is 12.1 Å². The van der Waals surface area contributed by atoms with Gasteiger partial charge < -0.3 is 15.4 Å². The van der Waals surface area contributed by atoms with Gasteiger partial charge in [0.15, 0.2) is 16.7 Å². The molecule has 0 spiro atoms. The summed E-state index contributed by atoms with van der Waals surface area (Å²) in [5.41, 5.74) is 11.8. The second kappa shape index (κ2) is 12.7. The number of hydrazine groups is 1. The van der Waals surface area contributed by atoms with Crippen LogP contribution in [-0.4, -0.2) is 31.4 Å². The van der Waals surface area contributed by atoms with Crippen molar-refractivity contribution in [1.29, 1.82) is 0 Å². The van der Waals surface area contributed by atoms with Gasteiger partial charge >= 0.3 is 5.97 Å². The first-order chi connectivity index (χ1) is 19.2. The van der Waals surface area contributed by atoms with E-state index in [2.05, 4.69) is 20.6 Å². The van der Waals surface area contributed by atoms with Crippen molar-refractivity contribution in [2.45, 2.75) is 39.2 Å². The predicted molar refractivity (Wildman–Crippen MR) is 150 cm³/mol. The Morgan fingerprint density at radius 3 is 2.50 bits per heavy atom. The Kier molecular flexibility index (Phi) is 9.08. The highest BCUT2D eigenvalue weighted by atomic mass is 35.5. The molecule has 0 aliphatic heterocycles. The molecule has 6 N–H and O–H groups in total. The van der Waals surface area contributed by atoms with Crippen molar-refractivity contribution >= 4 is 23.4 Å². The highest BCUT2D eigenvalue weighted by Gasteiger charge is 2.21. The fraction of sp³-hybridized carbons (Fsp3) is 0.214. The van der Waals surface area contributed by atoms with Crippen LogP contribution >= 0.6 is 11.6 Å². The minimum absolute atomic E-state index is 0.0375. The lowest BCUT2D eigenvalue weighted by Crippen LogP contribution is -2.23. The second-order valence-electron chi connectivity index (χ2n) is 8.99. The number of benzene rings is 2. The topological polar surface area (TPSA) is 144 Å². The van der Waals surface area contributed by atoms with Gasteiger partial charge in [0.25, 0.3) is 6.43 Å². The van der Waals surface area contributed by atoms with Crippen LogP contribution in [0.2, 0.25) is 5.15 Å². The Morgan fingerprint density at radius 2 is 1.85 bits per heavy atom. The van der Waals surface area contributed by atoms with Crippen LogP contribution in [0.25, 0.3) is 22.4 Å². The van der Waals surface area contributed by atoms with Gasteiger partial charge in [-0.15, -0.1) is 5.10 Å². The number of aromatic nitrogens is 3. The third-order valence-corrected chi connectivity index (χ3v) is 6.60. The number of hydrogen-bond acceptors (Lipinski definition) is 6. The van der Waals surface area contributed by atoms with Gasteiger partial charge in [-0.25, -0.2) is 34.9 Å². The normalized spacial score (nSPS) is 11.7. The summed E-state index contributed by atoms with van der Waals surface area (Å²) in [4.78, 5) is 20.3. The van der Waals surface area contributed by atoms with Gasteiger partial charge in [-0.2, -0.15) is 0 Å². The molecule has 0 unspecified atom stereocenters. The van der Waals surface area contributed by atoms with Crippen LogP contribution < -0.4 is 17.1 Å². The number of carboxylic acids is 1. The molecule has 0 bridgehead atoms. The zero-order valence-electron chi connectivity index (χ0n) is 21.6. The van der Waals surface area contributed by atoms with E-state index in [4.69, 9.17) is 23.2 Å². The lowest BCUT2D eigenvalue weighted by atomic mass is 9.94. The summed E-state index contributed by atoms with van der Waals surface area (Å²) in [5, 5.41) is 13.6. The van der Waals surface area contributed by atoms with Crippen molar-refractivity contribution in [3.63, 3.8) is 0 Å². The number of amidine groups is 1. The maximum Gasteiger partial charge on any atom is 0.355 e. The Morgan fingerprint density at radius 1 is 1.12 bits per heavy atom. The number of hydrazone groups is 1. The molecule has 4 aromatic rings. The monoisotopic (exact) mass is 567 g/mol. The van der Waals surface area contributed by atoms with Gasteiger partial charge in [0, 0.05) is 24.1 Å². The standard InChI is InChI=1S/C28H28ClF2N7O2/c1-2-3-7-23-35-25(29)24(28(39)40)38(23)15-16-8-10-17(11-9-16)20-14-18(12-13-19(20)27(32)36-37-33)21-5-4-6-22(34-21)26(30)31/h4-6,8-14,26,37H,2-3,7,15,33H2,1H3,(H2,32,36)(H,39,40). The third kappa shape index (κ3) is 6.27. The number of unbranched alkanes of at least 4 members (excludes halogenated alkanes) is 1. The Hall–Kier alpha value is -4.35. The molecule has 0 amide bonds. The van der Waals surface area contributed by atoms with Crippen LogP contribution in [0.3, 0.4) is 0 Å². The molecule has 2 aromatic carbocycles. The van der Waals surface area contributed by atoms with Crippen molar-refractivity contribution in [1.82, 2.24) is 20.1 Å². The van der Waals surface area contributed by atoms with Gasteiger partial charge in [-0.1, -0.05) is 61.3 Å². The number of aryl methyl sites for hydroxylation is 1. The van der Waals surface area contributed by atoms with Gasteiger partial charge in [-0.05, 0) is 47.4 Å². The molecule has 0 saturated heterocycles. The number of nitrogens with one attached hydrogen (secondary N) is 1. The first-order valence-corrected chi connectivity index (χ1v) is 12.9. The highest BCUT2D eigenvalue weighted by Crippen LogP contribution is 2.31. The molecule has 40 heavy (non-hydrogen) atoms. The zero-order chi connectivity index (χ0) is 28.8. The fourth-order valence-electron chi connectivity index (χ4n) is 4.37. The summed E-state index contributed by atoms with van der Waals surface area (Å²) < 4.78 is 28.1. The summed E-state index contributed by atoms with van der Waals surface area (Å²) in [5.74, 6) is 4.93. The predicted octanol–water partition coefficient (Wildman–Crippen LogP) is 5.38. The molecule has 0 atom stereocenters. The van der Waals surface area contributed by atoms with Gasteiger partial charge in [-0.3, -0.25) is 0 Å². The molecule has 208 valence electrons. The maximum atomic E-state index is 13.3. The molecular weight excluding hydrogens is 540 g/mol. The van der Waals surface area contributed by atoms with E-state index in [0.29, 0.717) is 34.6 Å². The Balaban J connectivity index is 1.73. The first-order valence-electron chi connectivity index (χ1n) is 12.5. The van der Waals surface area contributed by atoms with Crippen LogP contribution in [0.4, 0.5) is 8.78 Å². The van der Waals surface area contributed by atoms with E-state index in [1.54, 1.807) is 28.8 Å². The summed E-state index contributed by atoms with van der Waals surface area (Å²) in [6, 6.07) is 17.1. The van der Waals surface area contributed by atoms with Crippen LogP contribution in [0, 0.1) is 0 Å². The summed E-state index contributed by atoms with van der Waals surface area (Å²) in [6.45, 7) is 2.31. The van der Waals surface area contributed by atoms with Gasteiger partial charge in [0.1, 0.15) is 11.5 Å². The quantitative estimate of drug-likeness (QED) is 0.0824. The minimum atomic E-state index is -2.70. The van der Waals surface area contributed by atoms with Crippen molar-refractivity contribution in [2.24, 2.45) is 16.7 Å². The van der Waals surface area contributed by atoms with Crippen LogP contribution in [0.1, 0.15) is 59.3 Å². The van der Waals surface area contributed by atoms with Crippen LogP contribution in [0.5, 0.6) is 0 Å². The molecule has 12 heteroatoms. The molecule has 0 aliphatic rings. The number of nitrogens with zero attached hydrogens (tertiary/aromatic N) is 4. The molecule has 0 saturated carbocycles. The lowest BCUT2D eigenvalue weighted by Gasteiger charge is -2.14. The molecule has 9 nitrogen and oxygen atoms in total. The number of rotatable bonds is 11. The van der Waals surface area contributed by atoms with Crippen LogP contribution in [0.15, 0.2) is 65.8 Å². The molecular formula is C28H28ClF2N7O2. The van der Waals surface area contributed by atoms with Crippen molar-refractivity contribution in [2.75, 3.05) is 0 Å². The summed E-state index contributed by atoms with van der Waals surface area (Å²) in [6.07, 6.45) is -0.317. The summed E-state index contributed by atoms with van der Waals surface area (Å²) in [7, 11) is 0. The SMILES string of the molecule is CCCCc1nc(Cl)c(C(=O)O)n1Cc1ccc(-c2cc(-c3cccc(C(F)F)n3)ccc2/C(N)=N/NN)cc1. The van der Waals surface area contributed by atoms with E-state index < -0.39 is 12.4 Å². The van der Waals surface area contributed by atoms with E-state index in [0.717, 1.165) is 24.0 Å².